The molecule has 0 atom stereocenters. The van der Waals surface area contributed by atoms with E-state index in [-0.39, 0.29) is 0 Å². The lowest BCUT2D eigenvalue weighted by Crippen LogP contribution is -2.08. The highest BCUT2D eigenvalue weighted by Gasteiger charge is 2.00. The van der Waals surface area contributed by atoms with Gasteiger partial charge in [0.05, 0.1) is 12.4 Å². The monoisotopic (exact) mass is 239 g/mol. The summed E-state index contributed by atoms with van der Waals surface area (Å²) in [5.41, 5.74) is 2.34. The van der Waals surface area contributed by atoms with Crippen LogP contribution in [0.3, 0.4) is 0 Å². The van der Waals surface area contributed by atoms with Crippen molar-refractivity contribution in [2.45, 2.75) is 0 Å². The second-order valence-corrected chi connectivity index (χ2v) is 3.97. The highest BCUT2D eigenvalue weighted by molar-refractivity contribution is 5.62. The van der Waals surface area contributed by atoms with Gasteiger partial charge in [0.2, 0.25) is 0 Å². The molecule has 0 saturated carbocycles. The van der Waals surface area contributed by atoms with E-state index < -0.39 is 0 Å². The minimum absolute atomic E-state index is 0.308. The molecule has 90 valence electrons. The molecule has 2 aromatic rings. The molecule has 1 heterocycles. The van der Waals surface area contributed by atoms with Crippen LogP contribution in [-0.2, 0) is 0 Å². The molecule has 0 spiro atoms. The second kappa shape index (κ2) is 5.15. The first-order chi connectivity index (χ1) is 8.69. The molecule has 1 aromatic carbocycles. The van der Waals surface area contributed by atoms with Gasteiger partial charge in [0.1, 0.15) is 11.9 Å². The van der Waals surface area contributed by atoms with Crippen molar-refractivity contribution in [3.63, 3.8) is 0 Å². The van der Waals surface area contributed by atoms with E-state index in [1.165, 1.54) is 6.20 Å². The van der Waals surface area contributed by atoms with Crippen molar-refractivity contribution in [3.8, 4) is 6.07 Å². The molecule has 5 heteroatoms. The largest absolute Gasteiger partial charge is 0.378 e. The first kappa shape index (κ1) is 11.9. The zero-order valence-electron chi connectivity index (χ0n) is 10.3. The first-order valence-electron chi connectivity index (χ1n) is 5.45. The van der Waals surface area contributed by atoms with E-state index in [4.69, 9.17) is 5.26 Å². The number of benzene rings is 1. The third-order valence-corrected chi connectivity index (χ3v) is 2.40. The Morgan fingerprint density at radius 3 is 2.67 bits per heavy atom. The topological polar surface area (TPSA) is 64.8 Å². The number of rotatable bonds is 3. The molecule has 0 unspecified atom stereocenters. The summed E-state index contributed by atoms with van der Waals surface area (Å²) in [6.45, 7) is 0. The Bertz CT molecular complexity index is 569. The third-order valence-electron chi connectivity index (χ3n) is 2.40. The van der Waals surface area contributed by atoms with Crippen LogP contribution in [-0.4, -0.2) is 24.1 Å². The van der Waals surface area contributed by atoms with Crippen LogP contribution in [0.2, 0.25) is 0 Å². The van der Waals surface area contributed by atoms with E-state index in [1.54, 1.807) is 6.20 Å². The number of anilines is 3. The fraction of sp³-hybridized carbons (Fsp3) is 0.154. The number of nitrogens with zero attached hydrogens (tertiary/aromatic N) is 4. The summed E-state index contributed by atoms with van der Waals surface area (Å²) < 4.78 is 0. The average Bonchev–Trinajstić information content (AvgIpc) is 2.40. The maximum atomic E-state index is 8.64. The summed E-state index contributed by atoms with van der Waals surface area (Å²) in [5, 5.41) is 11.8. The standard InChI is InChI=1S/C13H13N5/c1-18(2)12-5-3-4-10(6-12)17-13-9-15-11(7-14)8-16-13/h3-6,8-9H,1-2H3,(H,16,17). The Morgan fingerprint density at radius 1 is 1.22 bits per heavy atom. The van der Waals surface area contributed by atoms with E-state index in [0.717, 1.165) is 11.4 Å². The summed E-state index contributed by atoms with van der Waals surface area (Å²) in [5.74, 6) is 0.616. The van der Waals surface area contributed by atoms with Crippen LogP contribution >= 0.6 is 0 Å². The van der Waals surface area contributed by atoms with Gasteiger partial charge in [0, 0.05) is 25.5 Å². The number of hydrogen-bond donors (Lipinski definition) is 1. The highest BCUT2D eigenvalue weighted by Crippen LogP contribution is 2.19. The van der Waals surface area contributed by atoms with Crippen molar-refractivity contribution in [3.05, 3.63) is 42.4 Å². The molecule has 0 amide bonds. The maximum Gasteiger partial charge on any atom is 0.158 e. The van der Waals surface area contributed by atoms with Crippen LogP contribution in [0.4, 0.5) is 17.2 Å². The van der Waals surface area contributed by atoms with Crippen molar-refractivity contribution in [2.75, 3.05) is 24.3 Å². The molecule has 0 saturated heterocycles. The normalized spacial score (nSPS) is 9.61. The van der Waals surface area contributed by atoms with Crippen LogP contribution < -0.4 is 10.2 Å². The lowest BCUT2D eigenvalue weighted by molar-refractivity contribution is 1.13. The zero-order valence-corrected chi connectivity index (χ0v) is 10.3. The van der Waals surface area contributed by atoms with Gasteiger partial charge in [-0.15, -0.1) is 0 Å². The molecule has 0 radical (unpaired) electrons. The molecule has 0 aliphatic carbocycles. The predicted molar refractivity (Wildman–Crippen MR) is 70.8 cm³/mol. The molecular formula is C13H13N5. The van der Waals surface area contributed by atoms with Gasteiger partial charge in [-0.1, -0.05) is 6.07 Å². The Labute approximate surface area is 106 Å². The maximum absolute atomic E-state index is 8.64. The van der Waals surface area contributed by atoms with Gasteiger partial charge in [0.15, 0.2) is 5.69 Å². The van der Waals surface area contributed by atoms with E-state index >= 15 is 0 Å². The van der Waals surface area contributed by atoms with E-state index in [1.807, 2.05) is 49.3 Å². The van der Waals surface area contributed by atoms with Crippen LogP contribution in [0.5, 0.6) is 0 Å². The molecule has 0 bridgehead atoms. The number of aromatic nitrogens is 2. The fourth-order valence-corrected chi connectivity index (χ4v) is 1.46. The molecule has 1 N–H and O–H groups in total. The number of nitriles is 1. The second-order valence-electron chi connectivity index (χ2n) is 3.97. The Hall–Kier alpha value is -2.61. The number of hydrogen-bond acceptors (Lipinski definition) is 5. The summed E-state index contributed by atoms with van der Waals surface area (Å²) >= 11 is 0. The molecule has 18 heavy (non-hydrogen) atoms. The van der Waals surface area contributed by atoms with E-state index in [9.17, 15) is 0 Å². The van der Waals surface area contributed by atoms with Crippen LogP contribution in [0.25, 0.3) is 0 Å². The van der Waals surface area contributed by atoms with Gasteiger partial charge >= 0.3 is 0 Å². The average molecular weight is 239 g/mol. The van der Waals surface area contributed by atoms with Gasteiger partial charge < -0.3 is 10.2 Å². The van der Waals surface area contributed by atoms with Crippen molar-refractivity contribution >= 4 is 17.2 Å². The van der Waals surface area contributed by atoms with Gasteiger partial charge in [-0.3, -0.25) is 0 Å². The first-order valence-corrected chi connectivity index (χ1v) is 5.45. The summed E-state index contributed by atoms with van der Waals surface area (Å²) in [4.78, 5) is 10.1. The van der Waals surface area contributed by atoms with Crippen molar-refractivity contribution < 1.29 is 0 Å². The molecule has 0 aliphatic rings. The number of nitrogens with one attached hydrogen (secondary N) is 1. The SMILES string of the molecule is CN(C)c1cccc(Nc2cnc(C#N)cn2)c1. The van der Waals surface area contributed by atoms with Gasteiger partial charge in [-0.2, -0.15) is 5.26 Å². The minimum atomic E-state index is 0.308. The molecule has 2 rings (SSSR count). The lowest BCUT2D eigenvalue weighted by Gasteiger charge is -2.14. The highest BCUT2D eigenvalue weighted by atomic mass is 15.1. The van der Waals surface area contributed by atoms with Gasteiger partial charge in [0.25, 0.3) is 0 Å². The Balaban J connectivity index is 2.18. The van der Waals surface area contributed by atoms with Crippen molar-refractivity contribution in [1.29, 1.82) is 5.26 Å². The van der Waals surface area contributed by atoms with Crippen molar-refractivity contribution in [2.24, 2.45) is 0 Å². The van der Waals surface area contributed by atoms with E-state index in [2.05, 4.69) is 15.3 Å². The summed E-state index contributed by atoms with van der Waals surface area (Å²) in [6.07, 6.45) is 2.99. The molecule has 5 nitrogen and oxygen atoms in total. The minimum Gasteiger partial charge on any atom is -0.378 e. The quantitative estimate of drug-likeness (QED) is 0.889. The summed E-state index contributed by atoms with van der Waals surface area (Å²) in [6, 6.07) is 9.89. The fourth-order valence-electron chi connectivity index (χ4n) is 1.46. The van der Waals surface area contributed by atoms with Gasteiger partial charge in [-0.05, 0) is 18.2 Å². The summed E-state index contributed by atoms with van der Waals surface area (Å²) in [7, 11) is 3.97. The smallest absolute Gasteiger partial charge is 0.158 e. The lowest BCUT2D eigenvalue weighted by atomic mass is 10.2. The van der Waals surface area contributed by atoms with Crippen LogP contribution in [0.1, 0.15) is 5.69 Å². The van der Waals surface area contributed by atoms with Crippen LogP contribution in [0, 0.1) is 11.3 Å². The predicted octanol–water partition coefficient (Wildman–Crippen LogP) is 2.16. The van der Waals surface area contributed by atoms with Crippen molar-refractivity contribution in [1.82, 2.24) is 9.97 Å². The zero-order chi connectivity index (χ0) is 13.0. The molecule has 0 aliphatic heterocycles. The van der Waals surface area contributed by atoms with E-state index in [0.29, 0.717) is 11.5 Å². The molecule has 0 fully saturated rings. The van der Waals surface area contributed by atoms with Gasteiger partial charge in [-0.25, -0.2) is 9.97 Å². The third kappa shape index (κ3) is 2.74. The molecule has 1 aromatic heterocycles. The Morgan fingerprint density at radius 2 is 2.06 bits per heavy atom. The Kier molecular flexibility index (Phi) is 3.39. The van der Waals surface area contributed by atoms with Crippen LogP contribution in [0.15, 0.2) is 36.7 Å². The molecular weight excluding hydrogens is 226 g/mol.